The van der Waals surface area contributed by atoms with Crippen molar-refractivity contribution in [1.29, 1.82) is 0 Å². The van der Waals surface area contributed by atoms with Crippen LogP contribution in [-0.2, 0) is 9.59 Å². The van der Waals surface area contributed by atoms with Crippen molar-refractivity contribution in [2.75, 3.05) is 38.8 Å². The number of ether oxygens (including phenoxy) is 2. The van der Waals surface area contributed by atoms with E-state index in [0.717, 1.165) is 17.7 Å². The summed E-state index contributed by atoms with van der Waals surface area (Å²) in [6, 6.07) is 8.74. The first-order chi connectivity index (χ1) is 14.6. The quantitative estimate of drug-likeness (QED) is 0.713. The van der Waals surface area contributed by atoms with Gasteiger partial charge in [-0.05, 0) is 42.3 Å². The first-order valence-corrected chi connectivity index (χ1v) is 10.7. The lowest BCUT2D eigenvalue weighted by Gasteiger charge is -2.34. The van der Waals surface area contributed by atoms with Crippen LogP contribution >= 0.6 is 11.3 Å². The van der Waals surface area contributed by atoms with E-state index in [1.165, 1.54) is 23.3 Å². The fraction of sp³-hybridized carbons (Fsp3) is 0.364. The van der Waals surface area contributed by atoms with Crippen LogP contribution in [0.1, 0.15) is 17.7 Å². The lowest BCUT2D eigenvalue weighted by molar-refractivity contribution is -0.120. The van der Waals surface area contributed by atoms with Crippen molar-refractivity contribution in [3.8, 4) is 11.5 Å². The zero-order valence-electron chi connectivity index (χ0n) is 17.0. The number of benzene rings is 1. The first-order valence-electron chi connectivity index (χ1n) is 9.83. The molecule has 0 bridgehead atoms. The van der Waals surface area contributed by atoms with Crippen molar-refractivity contribution in [2.24, 2.45) is 5.92 Å². The Bertz CT molecular complexity index is 985. The van der Waals surface area contributed by atoms with Gasteiger partial charge in [0.15, 0.2) is 0 Å². The summed E-state index contributed by atoms with van der Waals surface area (Å²) in [5, 5.41) is 11.5. The maximum absolute atomic E-state index is 13.6. The molecule has 2 aromatic rings. The summed E-state index contributed by atoms with van der Waals surface area (Å²) in [5.74, 6) is 0.304. The van der Waals surface area contributed by atoms with Gasteiger partial charge in [0.2, 0.25) is 0 Å². The fourth-order valence-electron chi connectivity index (χ4n) is 4.06. The normalized spacial score (nSPS) is 19.6. The molecule has 7 nitrogen and oxygen atoms in total. The Balaban J connectivity index is 1.80. The maximum Gasteiger partial charge on any atom is 0.282 e. The molecular weight excluding hydrogens is 404 g/mol. The number of amides is 2. The van der Waals surface area contributed by atoms with Crippen molar-refractivity contribution in [1.82, 2.24) is 4.90 Å². The van der Waals surface area contributed by atoms with Gasteiger partial charge in [0.25, 0.3) is 11.8 Å². The van der Waals surface area contributed by atoms with Gasteiger partial charge in [-0.1, -0.05) is 6.07 Å². The topological polar surface area (TPSA) is 79.3 Å². The summed E-state index contributed by atoms with van der Waals surface area (Å²) in [5.41, 5.74) is 1.19. The average Bonchev–Trinajstić information content (AvgIpc) is 3.39. The summed E-state index contributed by atoms with van der Waals surface area (Å²) >= 11 is 1.43. The average molecular weight is 429 g/mol. The highest BCUT2D eigenvalue weighted by Crippen LogP contribution is 2.41. The van der Waals surface area contributed by atoms with Gasteiger partial charge in [-0.15, -0.1) is 11.3 Å². The number of hydrogen-bond acceptors (Lipinski definition) is 7. The zero-order valence-corrected chi connectivity index (χ0v) is 17.8. The minimum Gasteiger partial charge on any atom is -0.497 e. The molecule has 2 aliphatic rings. The van der Waals surface area contributed by atoms with Gasteiger partial charge in [0, 0.05) is 30.6 Å². The van der Waals surface area contributed by atoms with Crippen LogP contribution in [0.2, 0.25) is 0 Å². The Morgan fingerprint density at radius 2 is 2.00 bits per heavy atom. The molecule has 1 atom stereocenters. The predicted octanol–water partition coefficient (Wildman–Crippen LogP) is 2.75. The van der Waals surface area contributed by atoms with Crippen molar-refractivity contribution < 1.29 is 24.2 Å². The number of thiophene rings is 1. The Hall–Kier alpha value is -2.84. The molecule has 1 aromatic carbocycles. The Labute approximate surface area is 179 Å². The van der Waals surface area contributed by atoms with Crippen LogP contribution in [0.3, 0.4) is 0 Å². The second-order valence-electron chi connectivity index (χ2n) is 7.32. The Kier molecular flexibility index (Phi) is 5.78. The third kappa shape index (κ3) is 3.46. The largest absolute Gasteiger partial charge is 0.497 e. The van der Waals surface area contributed by atoms with E-state index in [2.05, 4.69) is 0 Å². The molecule has 1 aromatic heterocycles. The van der Waals surface area contributed by atoms with Crippen LogP contribution in [0, 0.1) is 5.92 Å². The summed E-state index contributed by atoms with van der Waals surface area (Å²) in [4.78, 5) is 31.0. The molecule has 0 spiro atoms. The van der Waals surface area contributed by atoms with E-state index in [4.69, 9.17) is 9.47 Å². The van der Waals surface area contributed by atoms with E-state index in [9.17, 15) is 14.7 Å². The number of carbonyl (C=O) groups is 2. The number of aliphatic hydroxyl groups is 1. The van der Waals surface area contributed by atoms with E-state index in [1.54, 1.807) is 25.3 Å². The SMILES string of the molecule is COc1ccc(N2C(=O)C(c3cccs3)=C(N3CCCC(CO)C3)C2=O)c(OC)c1. The van der Waals surface area contributed by atoms with Crippen molar-refractivity contribution >= 4 is 34.4 Å². The molecular formula is C22H24N2O5S. The number of hydrogen-bond donors (Lipinski definition) is 1. The number of imide groups is 1. The molecule has 1 saturated heterocycles. The smallest absolute Gasteiger partial charge is 0.282 e. The number of rotatable bonds is 6. The number of aliphatic hydroxyl groups excluding tert-OH is 1. The minimum absolute atomic E-state index is 0.0657. The molecule has 8 heteroatoms. The Morgan fingerprint density at radius 1 is 1.17 bits per heavy atom. The number of anilines is 1. The van der Waals surface area contributed by atoms with Crippen LogP contribution in [0.25, 0.3) is 5.57 Å². The summed E-state index contributed by atoms with van der Waals surface area (Å²) < 4.78 is 10.7. The highest BCUT2D eigenvalue weighted by molar-refractivity contribution is 7.11. The highest BCUT2D eigenvalue weighted by atomic mass is 32.1. The van der Waals surface area contributed by atoms with Crippen LogP contribution in [0.15, 0.2) is 41.4 Å². The zero-order chi connectivity index (χ0) is 21.3. The standard InChI is InChI=1S/C22H24N2O5S/c1-28-15-7-8-16(17(11-15)29-2)24-21(26)19(18-6-4-10-30-18)20(22(24)27)23-9-3-5-14(12-23)13-25/h4,6-8,10-11,14,25H,3,5,9,12-13H2,1-2H3. The highest BCUT2D eigenvalue weighted by Gasteiger charge is 2.44. The lowest BCUT2D eigenvalue weighted by atomic mass is 9.98. The van der Waals surface area contributed by atoms with Crippen molar-refractivity contribution in [2.45, 2.75) is 12.8 Å². The van der Waals surface area contributed by atoms with Crippen molar-refractivity contribution in [3.05, 3.63) is 46.3 Å². The number of nitrogens with zero attached hydrogens (tertiary/aromatic N) is 2. The number of piperidine rings is 1. The van der Waals surface area contributed by atoms with Gasteiger partial charge in [-0.2, -0.15) is 0 Å². The Morgan fingerprint density at radius 3 is 2.67 bits per heavy atom. The summed E-state index contributed by atoms with van der Waals surface area (Å²) in [6.45, 7) is 1.29. The van der Waals surface area contributed by atoms with E-state index >= 15 is 0 Å². The predicted molar refractivity (Wildman–Crippen MR) is 115 cm³/mol. The van der Waals surface area contributed by atoms with E-state index < -0.39 is 0 Å². The van der Waals surface area contributed by atoms with Crippen LogP contribution in [0.4, 0.5) is 5.69 Å². The van der Waals surface area contributed by atoms with E-state index in [-0.39, 0.29) is 24.3 Å². The molecule has 158 valence electrons. The molecule has 0 aliphatic carbocycles. The molecule has 2 aliphatic heterocycles. The maximum atomic E-state index is 13.6. The summed E-state index contributed by atoms with van der Waals surface area (Å²) in [6.07, 6.45) is 1.77. The molecule has 0 saturated carbocycles. The number of methoxy groups -OCH3 is 2. The summed E-state index contributed by atoms with van der Waals surface area (Å²) in [7, 11) is 3.04. The van der Waals surface area contributed by atoms with Gasteiger partial charge in [0.1, 0.15) is 17.2 Å². The monoisotopic (exact) mass is 428 g/mol. The second-order valence-corrected chi connectivity index (χ2v) is 8.27. The van der Waals surface area contributed by atoms with Crippen LogP contribution in [-0.4, -0.2) is 55.7 Å². The fourth-order valence-corrected chi connectivity index (χ4v) is 4.82. The number of likely N-dealkylation sites (tertiary alicyclic amines) is 1. The second kappa shape index (κ2) is 8.49. The molecule has 1 unspecified atom stereocenters. The molecule has 30 heavy (non-hydrogen) atoms. The van der Waals surface area contributed by atoms with Gasteiger partial charge >= 0.3 is 0 Å². The van der Waals surface area contributed by atoms with E-state index in [0.29, 0.717) is 41.5 Å². The molecule has 4 rings (SSSR count). The van der Waals surface area contributed by atoms with Gasteiger partial charge in [-0.25, -0.2) is 4.90 Å². The van der Waals surface area contributed by atoms with Gasteiger partial charge < -0.3 is 19.5 Å². The lowest BCUT2D eigenvalue weighted by Crippen LogP contribution is -2.40. The molecule has 3 heterocycles. The molecule has 0 radical (unpaired) electrons. The van der Waals surface area contributed by atoms with Gasteiger partial charge in [-0.3, -0.25) is 9.59 Å². The number of carbonyl (C=O) groups excluding carboxylic acids is 2. The van der Waals surface area contributed by atoms with E-state index in [1.807, 2.05) is 22.4 Å². The molecule has 2 amide bonds. The molecule has 1 fully saturated rings. The third-order valence-corrected chi connectivity index (χ3v) is 6.44. The van der Waals surface area contributed by atoms with Crippen LogP contribution in [0.5, 0.6) is 11.5 Å². The minimum atomic E-state index is -0.370. The van der Waals surface area contributed by atoms with Crippen LogP contribution < -0.4 is 14.4 Å². The van der Waals surface area contributed by atoms with Gasteiger partial charge in [0.05, 0.1) is 25.5 Å². The third-order valence-electron chi connectivity index (χ3n) is 5.55. The van der Waals surface area contributed by atoms with Crippen molar-refractivity contribution in [3.63, 3.8) is 0 Å². The first kappa shape index (κ1) is 20.4. The molecule has 1 N–H and O–H groups in total.